The summed E-state index contributed by atoms with van der Waals surface area (Å²) in [5, 5.41) is 0. The molecule has 3 aliphatic rings. The van der Waals surface area contributed by atoms with Crippen LogP contribution in [0.5, 0.6) is 0 Å². The second kappa shape index (κ2) is 7.78. The summed E-state index contributed by atoms with van der Waals surface area (Å²) >= 11 is 0. The molecule has 0 saturated carbocycles. The van der Waals surface area contributed by atoms with Gasteiger partial charge < -0.3 is 9.80 Å². The lowest BCUT2D eigenvalue weighted by Crippen LogP contribution is -2.51. The number of benzene rings is 1. The molecule has 5 heteroatoms. The van der Waals surface area contributed by atoms with Crippen LogP contribution >= 0.6 is 0 Å². The van der Waals surface area contributed by atoms with Crippen LogP contribution in [0.3, 0.4) is 0 Å². The molecule has 0 bridgehead atoms. The molecule has 3 aliphatic heterocycles. The van der Waals surface area contributed by atoms with Gasteiger partial charge in [0.25, 0.3) is 5.91 Å². The number of amides is 2. The Hall–Kier alpha value is -1.88. The van der Waals surface area contributed by atoms with Crippen molar-refractivity contribution in [3.63, 3.8) is 0 Å². The van der Waals surface area contributed by atoms with Crippen molar-refractivity contribution in [1.82, 2.24) is 14.7 Å². The zero-order valence-corrected chi connectivity index (χ0v) is 15.5. The van der Waals surface area contributed by atoms with E-state index in [1.165, 1.54) is 38.8 Å². The van der Waals surface area contributed by atoms with E-state index in [1.54, 1.807) is 0 Å². The maximum atomic E-state index is 12.7. The zero-order valence-electron chi connectivity index (χ0n) is 15.5. The molecule has 0 aliphatic carbocycles. The number of fused-ring (bicyclic) bond motifs is 1. The second-order valence-corrected chi connectivity index (χ2v) is 7.87. The van der Waals surface area contributed by atoms with Crippen LogP contribution in [-0.2, 0) is 11.3 Å². The predicted octanol–water partition coefficient (Wildman–Crippen LogP) is 2.51. The van der Waals surface area contributed by atoms with Crippen molar-refractivity contribution in [2.24, 2.45) is 0 Å². The fourth-order valence-electron chi connectivity index (χ4n) is 4.65. The highest BCUT2D eigenvalue weighted by Crippen LogP contribution is 2.23. The van der Waals surface area contributed by atoms with Crippen molar-refractivity contribution in [2.45, 2.75) is 51.1 Å². The van der Waals surface area contributed by atoms with E-state index < -0.39 is 0 Å². The lowest BCUT2D eigenvalue weighted by molar-refractivity contribution is -0.133. The molecular weight excluding hydrogens is 326 g/mol. The number of nitrogens with zero attached hydrogens (tertiary/aromatic N) is 3. The maximum Gasteiger partial charge on any atom is 0.254 e. The van der Waals surface area contributed by atoms with E-state index in [0.29, 0.717) is 25.6 Å². The van der Waals surface area contributed by atoms with E-state index in [4.69, 9.17) is 0 Å². The molecular formula is C21H29N3O2. The van der Waals surface area contributed by atoms with Gasteiger partial charge in [0.1, 0.15) is 0 Å². The summed E-state index contributed by atoms with van der Waals surface area (Å²) in [5.74, 6) is 0.272. The Morgan fingerprint density at radius 2 is 1.85 bits per heavy atom. The lowest BCUT2D eigenvalue weighted by Gasteiger charge is -2.41. The Kier molecular flexibility index (Phi) is 5.25. The minimum Gasteiger partial charge on any atom is -0.341 e. The summed E-state index contributed by atoms with van der Waals surface area (Å²) < 4.78 is 0. The fraction of sp³-hybridized carbons (Fsp3) is 0.619. The quantitative estimate of drug-likeness (QED) is 0.834. The van der Waals surface area contributed by atoms with Crippen LogP contribution in [0.1, 0.15) is 54.4 Å². The molecule has 2 amide bonds. The third-order valence-corrected chi connectivity index (χ3v) is 6.15. The zero-order chi connectivity index (χ0) is 17.9. The van der Waals surface area contributed by atoms with E-state index >= 15 is 0 Å². The highest BCUT2D eigenvalue weighted by Gasteiger charge is 2.30. The molecule has 0 aromatic heterocycles. The molecule has 1 aromatic rings. The monoisotopic (exact) mass is 355 g/mol. The van der Waals surface area contributed by atoms with Crippen molar-refractivity contribution in [3.8, 4) is 0 Å². The summed E-state index contributed by atoms with van der Waals surface area (Å²) in [6.07, 6.45) is 6.68. The molecule has 140 valence electrons. The average Bonchev–Trinajstić information content (AvgIpc) is 3.03. The van der Waals surface area contributed by atoms with Crippen molar-refractivity contribution < 1.29 is 9.59 Å². The number of hydrogen-bond acceptors (Lipinski definition) is 3. The first-order chi connectivity index (χ1) is 12.7. The minimum absolute atomic E-state index is 0.0678. The van der Waals surface area contributed by atoms with Gasteiger partial charge >= 0.3 is 0 Å². The fourth-order valence-corrected chi connectivity index (χ4v) is 4.65. The second-order valence-electron chi connectivity index (χ2n) is 7.87. The molecule has 4 rings (SSSR count). The summed E-state index contributed by atoms with van der Waals surface area (Å²) in [6.45, 7) is 5.28. The van der Waals surface area contributed by atoms with Crippen LogP contribution in [0, 0.1) is 0 Å². The summed E-state index contributed by atoms with van der Waals surface area (Å²) in [6, 6.07) is 8.29. The summed E-state index contributed by atoms with van der Waals surface area (Å²) in [7, 11) is 0. The first-order valence-corrected chi connectivity index (χ1v) is 10.1. The molecule has 1 atom stereocenters. The van der Waals surface area contributed by atoms with E-state index in [2.05, 4.69) is 4.90 Å². The van der Waals surface area contributed by atoms with E-state index in [9.17, 15) is 9.59 Å². The summed E-state index contributed by atoms with van der Waals surface area (Å²) in [4.78, 5) is 31.6. The van der Waals surface area contributed by atoms with Gasteiger partial charge in [0, 0.05) is 44.2 Å². The van der Waals surface area contributed by atoms with Crippen LogP contribution in [-0.4, -0.2) is 65.3 Å². The van der Waals surface area contributed by atoms with Gasteiger partial charge in [-0.2, -0.15) is 0 Å². The standard InChI is InChI=1S/C21H29N3O2/c25-20(10-14-24-15-17-7-2-3-9-19(17)21(24)26)23-13-6-8-18(16-23)22-11-4-1-5-12-22/h2-3,7,9,18H,1,4-6,8,10-16H2. The van der Waals surface area contributed by atoms with Gasteiger partial charge in [-0.25, -0.2) is 0 Å². The van der Waals surface area contributed by atoms with Gasteiger partial charge in [-0.05, 0) is 50.4 Å². The number of piperidine rings is 2. The van der Waals surface area contributed by atoms with Crippen molar-refractivity contribution in [1.29, 1.82) is 0 Å². The third-order valence-electron chi connectivity index (χ3n) is 6.15. The molecule has 1 aromatic carbocycles. The normalized spacial score (nSPS) is 24.0. The van der Waals surface area contributed by atoms with Crippen LogP contribution in [0.25, 0.3) is 0 Å². The van der Waals surface area contributed by atoms with Crippen LogP contribution in [0.2, 0.25) is 0 Å². The smallest absolute Gasteiger partial charge is 0.254 e. The maximum absolute atomic E-state index is 12.7. The third kappa shape index (κ3) is 3.63. The SMILES string of the molecule is O=C(CCN1Cc2ccccc2C1=O)N1CCCC(N2CCCCC2)C1. The molecule has 26 heavy (non-hydrogen) atoms. The highest BCUT2D eigenvalue weighted by atomic mass is 16.2. The van der Waals surface area contributed by atoms with Crippen molar-refractivity contribution in [2.75, 3.05) is 32.7 Å². The van der Waals surface area contributed by atoms with Crippen LogP contribution in [0.4, 0.5) is 0 Å². The number of rotatable bonds is 4. The molecule has 0 spiro atoms. The molecule has 0 radical (unpaired) electrons. The Morgan fingerprint density at radius 3 is 2.65 bits per heavy atom. The molecule has 3 heterocycles. The van der Waals surface area contributed by atoms with E-state index in [0.717, 1.165) is 30.6 Å². The molecule has 0 N–H and O–H groups in total. The van der Waals surface area contributed by atoms with Gasteiger partial charge in [0.05, 0.1) is 0 Å². The number of hydrogen-bond donors (Lipinski definition) is 0. The first-order valence-electron chi connectivity index (χ1n) is 10.1. The predicted molar refractivity (Wildman–Crippen MR) is 101 cm³/mol. The van der Waals surface area contributed by atoms with E-state index in [-0.39, 0.29) is 11.8 Å². The van der Waals surface area contributed by atoms with Gasteiger partial charge in [-0.15, -0.1) is 0 Å². The number of likely N-dealkylation sites (tertiary alicyclic amines) is 2. The molecule has 2 fully saturated rings. The average molecular weight is 355 g/mol. The molecule has 1 unspecified atom stereocenters. The van der Waals surface area contributed by atoms with Gasteiger partial charge in [0.2, 0.25) is 5.91 Å². The topological polar surface area (TPSA) is 43.9 Å². The Bertz CT molecular complexity index is 669. The lowest BCUT2D eigenvalue weighted by atomic mass is 10.0. The van der Waals surface area contributed by atoms with Crippen molar-refractivity contribution in [3.05, 3.63) is 35.4 Å². The Balaban J connectivity index is 1.29. The number of carbonyl (C=O) groups is 2. The first kappa shape index (κ1) is 17.5. The largest absolute Gasteiger partial charge is 0.341 e. The Morgan fingerprint density at radius 1 is 1.04 bits per heavy atom. The molecule has 2 saturated heterocycles. The van der Waals surface area contributed by atoms with Crippen LogP contribution in [0.15, 0.2) is 24.3 Å². The highest BCUT2D eigenvalue weighted by molar-refractivity contribution is 5.98. The van der Waals surface area contributed by atoms with Crippen LogP contribution < -0.4 is 0 Å². The van der Waals surface area contributed by atoms with Gasteiger partial charge in [0.15, 0.2) is 0 Å². The van der Waals surface area contributed by atoms with Crippen molar-refractivity contribution >= 4 is 11.8 Å². The van der Waals surface area contributed by atoms with Gasteiger partial charge in [-0.3, -0.25) is 14.5 Å². The molecule has 5 nitrogen and oxygen atoms in total. The van der Waals surface area contributed by atoms with E-state index in [1.807, 2.05) is 34.1 Å². The number of carbonyl (C=O) groups excluding carboxylic acids is 2. The summed E-state index contributed by atoms with van der Waals surface area (Å²) in [5.41, 5.74) is 1.87. The minimum atomic E-state index is 0.0678. The Labute approximate surface area is 155 Å². The van der Waals surface area contributed by atoms with Gasteiger partial charge in [-0.1, -0.05) is 24.6 Å².